The van der Waals surface area contributed by atoms with Gasteiger partial charge in [-0.2, -0.15) is 0 Å². The Bertz CT molecular complexity index is 310. The molecular formula is C11H16N2O. The molecule has 76 valence electrons. The van der Waals surface area contributed by atoms with Crippen LogP contribution in [-0.2, 0) is 0 Å². The molecule has 1 aromatic rings. The van der Waals surface area contributed by atoms with Crippen LogP contribution in [0.5, 0.6) is 0 Å². The lowest BCUT2D eigenvalue weighted by Gasteiger charge is -2.20. The Labute approximate surface area is 84.7 Å². The fraction of sp³-hybridized carbons (Fsp3) is 0.364. The highest BCUT2D eigenvalue weighted by atomic mass is 16.3. The summed E-state index contributed by atoms with van der Waals surface area (Å²) in [4.78, 5) is 6.19. The molecule has 1 atom stereocenters. The molecule has 1 rings (SSSR count). The summed E-state index contributed by atoms with van der Waals surface area (Å²) in [6.45, 7) is 6.13. The lowest BCUT2D eigenvalue weighted by atomic mass is 10.1. The van der Waals surface area contributed by atoms with Gasteiger partial charge in [0.2, 0.25) is 0 Å². The lowest BCUT2D eigenvalue weighted by molar-refractivity contribution is 0.199. The van der Waals surface area contributed by atoms with Gasteiger partial charge in [0.1, 0.15) is 5.82 Å². The minimum atomic E-state index is -0.494. The fourth-order valence-corrected chi connectivity index (χ4v) is 1.33. The Morgan fingerprint density at radius 3 is 3.00 bits per heavy atom. The van der Waals surface area contributed by atoms with Crippen molar-refractivity contribution >= 4 is 5.82 Å². The number of nitrogens with zero attached hydrogens (tertiary/aromatic N) is 2. The van der Waals surface area contributed by atoms with Gasteiger partial charge in [-0.1, -0.05) is 12.1 Å². The summed E-state index contributed by atoms with van der Waals surface area (Å²) < 4.78 is 0. The van der Waals surface area contributed by atoms with E-state index in [1.54, 1.807) is 19.2 Å². The van der Waals surface area contributed by atoms with Gasteiger partial charge >= 0.3 is 0 Å². The third-order valence-electron chi connectivity index (χ3n) is 2.03. The molecule has 3 heteroatoms. The van der Waals surface area contributed by atoms with Crippen molar-refractivity contribution in [2.75, 3.05) is 18.5 Å². The zero-order valence-electron chi connectivity index (χ0n) is 8.64. The Hall–Kier alpha value is -1.35. The molecule has 0 aliphatic carbocycles. The summed E-state index contributed by atoms with van der Waals surface area (Å²) in [7, 11) is 1.93. The molecule has 0 saturated carbocycles. The molecule has 1 heterocycles. The standard InChI is InChI=1S/C11H16N2O/c1-4-8-13(3)11-10(9(2)14)6-5-7-12-11/h4-7,9,14H,1,8H2,2-3H3/t9-/m0/s1. The van der Waals surface area contributed by atoms with E-state index in [9.17, 15) is 5.11 Å². The van der Waals surface area contributed by atoms with E-state index in [2.05, 4.69) is 11.6 Å². The van der Waals surface area contributed by atoms with E-state index in [1.807, 2.05) is 24.1 Å². The monoisotopic (exact) mass is 192 g/mol. The first-order valence-electron chi connectivity index (χ1n) is 4.61. The van der Waals surface area contributed by atoms with Crippen LogP contribution in [0.15, 0.2) is 31.0 Å². The number of likely N-dealkylation sites (N-methyl/N-ethyl adjacent to an activating group) is 1. The molecule has 14 heavy (non-hydrogen) atoms. The minimum absolute atomic E-state index is 0.494. The van der Waals surface area contributed by atoms with Crippen molar-refractivity contribution in [1.82, 2.24) is 4.98 Å². The second-order valence-corrected chi connectivity index (χ2v) is 3.26. The quantitative estimate of drug-likeness (QED) is 0.738. The number of rotatable bonds is 4. The van der Waals surface area contributed by atoms with Gasteiger partial charge in [-0.05, 0) is 13.0 Å². The van der Waals surface area contributed by atoms with Gasteiger partial charge < -0.3 is 10.0 Å². The Kier molecular flexibility index (Phi) is 3.65. The van der Waals surface area contributed by atoms with Crippen molar-refractivity contribution in [2.24, 2.45) is 0 Å². The smallest absolute Gasteiger partial charge is 0.134 e. The summed E-state index contributed by atoms with van der Waals surface area (Å²) in [6, 6.07) is 3.71. The number of aromatic nitrogens is 1. The largest absolute Gasteiger partial charge is 0.389 e. The van der Waals surface area contributed by atoms with E-state index in [1.165, 1.54) is 0 Å². The molecule has 0 aliphatic heterocycles. The third-order valence-corrected chi connectivity index (χ3v) is 2.03. The van der Waals surface area contributed by atoms with E-state index < -0.39 is 6.10 Å². The Balaban J connectivity index is 2.99. The summed E-state index contributed by atoms with van der Waals surface area (Å²) in [5.41, 5.74) is 0.844. The maximum absolute atomic E-state index is 9.53. The van der Waals surface area contributed by atoms with Gasteiger partial charge in [-0.15, -0.1) is 6.58 Å². The molecule has 0 fully saturated rings. The summed E-state index contributed by atoms with van der Waals surface area (Å²) in [6.07, 6.45) is 3.03. The normalized spacial score (nSPS) is 12.2. The second-order valence-electron chi connectivity index (χ2n) is 3.26. The molecule has 0 saturated heterocycles. The molecular weight excluding hydrogens is 176 g/mol. The van der Waals surface area contributed by atoms with Gasteiger partial charge in [0.05, 0.1) is 6.10 Å². The third kappa shape index (κ3) is 2.33. The first kappa shape index (κ1) is 10.7. The highest BCUT2D eigenvalue weighted by Gasteiger charge is 2.10. The van der Waals surface area contributed by atoms with Crippen molar-refractivity contribution in [2.45, 2.75) is 13.0 Å². The number of hydrogen-bond acceptors (Lipinski definition) is 3. The van der Waals surface area contributed by atoms with Crippen LogP contribution in [0.3, 0.4) is 0 Å². The van der Waals surface area contributed by atoms with Crippen molar-refractivity contribution < 1.29 is 5.11 Å². The van der Waals surface area contributed by atoms with E-state index in [-0.39, 0.29) is 0 Å². The number of hydrogen-bond donors (Lipinski definition) is 1. The van der Waals surface area contributed by atoms with Crippen LogP contribution in [-0.4, -0.2) is 23.7 Å². The Morgan fingerprint density at radius 2 is 2.43 bits per heavy atom. The number of anilines is 1. The first-order valence-corrected chi connectivity index (χ1v) is 4.61. The molecule has 0 aromatic carbocycles. The highest BCUT2D eigenvalue weighted by molar-refractivity contribution is 5.47. The molecule has 0 bridgehead atoms. The van der Waals surface area contributed by atoms with Crippen molar-refractivity contribution in [3.63, 3.8) is 0 Å². The van der Waals surface area contributed by atoms with E-state index in [0.29, 0.717) is 0 Å². The van der Waals surface area contributed by atoms with Crippen LogP contribution in [0.4, 0.5) is 5.82 Å². The average Bonchev–Trinajstić information content (AvgIpc) is 2.18. The molecule has 0 amide bonds. The van der Waals surface area contributed by atoms with E-state index in [0.717, 1.165) is 17.9 Å². The zero-order chi connectivity index (χ0) is 10.6. The van der Waals surface area contributed by atoms with Crippen LogP contribution in [0.2, 0.25) is 0 Å². The molecule has 0 radical (unpaired) electrons. The van der Waals surface area contributed by atoms with Crippen LogP contribution >= 0.6 is 0 Å². The van der Waals surface area contributed by atoms with Crippen LogP contribution in [0.1, 0.15) is 18.6 Å². The molecule has 1 aromatic heterocycles. The van der Waals surface area contributed by atoms with Gasteiger partial charge in [0, 0.05) is 25.4 Å². The second kappa shape index (κ2) is 4.77. The van der Waals surface area contributed by atoms with Crippen molar-refractivity contribution in [1.29, 1.82) is 0 Å². The highest BCUT2D eigenvalue weighted by Crippen LogP contribution is 2.22. The molecule has 0 unspecified atom stereocenters. The number of pyridine rings is 1. The zero-order valence-corrected chi connectivity index (χ0v) is 8.64. The predicted octanol–water partition coefficient (Wildman–Crippen LogP) is 1.76. The van der Waals surface area contributed by atoms with E-state index in [4.69, 9.17) is 0 Å². The van der Waals surface area contributed by atoms with Gasteiger partial charge in [-0.25, -0.2) is 4.98 Å². The van der Waals surface area contributed by atoms with Crippen molar-refractivity contribution in [3.05, 3.63) is 36.5 Å². The SMILES string of the molecule is C=CCN(C)c1ncccc1[C@H](C)O. The van der Waals surface area contributed by atoms with Gasteiger partial charge in [0.25, 0.3) is 0 Å². The number of aliphatic hydroxyl groups excluding tert-OH is 1. The molecule has 3 nitrogen and oxygen atoms in total. The van der Waals surface area contributed by atoms with Crippen LogP contribution < -0.4 is 4.90 Å². The van der Waals surface area contributed by atoms with Gasteiger partial charge in [-0.3, -0.25) is 0 Å². The molecule has 0 spiro atoms. The average molecular weight is 192 g/mol. The maximum Gasteiger partial charge on any atom is 0.134 e. The van der Waals surface area contributed by atoms with Crippen LogP contribution in [0.25, 0.3) is 0 Å². The Morgan fingerprint density at radius 1 is 1.71 bits per heavy atom. The lowest BCUT2D eigenvalue weighted by Crippen LogP contribution is -2.20. The minimum Gasteiger partial charge on any atom is -0.389 e. The van der Waals surface area contributed by atoms with E-state index >= 15 is 0 Å². The summed E-state index contributed by atoms with van der Waals surface area (Å²) in [5.74, 6) is 0.808. The number of aliphatic hydroxyl groups is 1. The van der Waals surface area contributed by atoms with Crippen LogP contribution in [0, 0.1) is 0 Å². The topological polar surface area (TPSA) is 36.4 Å². The summed E-state index contributed by atoms with van der Waals surface area (Å²) >= 11 is 0. The first-order chi connectivity index (χ1) is 6.66. The maximum atomic E-state index is 9.53. The van der Waals surface area contributed by atoms with Gasteiger partial charge in [0.15, 0.2) is 0 Å². The fourth-order valence-electron chi connectivity index (χ4n) is 1.33. The molecule has 1 N–H and O–H groups in total. The summed E-state index contributed by atoms with van der Waals surface area (Å²) in [5, 5.41) is 9.53. The van der Waals surface area contributed by atoms with Crippen molar-refractivity contribution in [3.8, 4) is 0 Å². The predicted molar refractivity (Wildman–Crippen MR) is 58.3 cm³/mol. The molecule has 0 aliphatic rings.